The Labute approximate surface area is 115 Å². The summed E-state index contributed by atoms with van der Waals surface area (Å²) in [5.41, 5.74) is -1.21. The van der Waals surface area contributed by atoms with Crippen LogP contribution in [0.25, 0.3) is 0 Å². The lowest BCUT2D eigenvalue weighted by atomic mass is 9.85. The Kier molecular flexibility index (Phi) is 4.02. The second-order valence-electron chi connectivity index (χ2n) is 4.21. The van der Waals surface area contributed by atoms with Crippen molar-refractivity contribution < 1.29 is 24.9 Å². The van der Waals surface area contributed by atoms with Gasteiger partial charge in [-0.05, 0) is 0 Å². The Morgan fingerprint density at radius 1 is 0.900 bits per heavy atom. The van der Waals surface area contributed by atoms with E-state index in [4.69, 9.17) is 9.84 Å². The van der Waals surface area contributed by atoms with E-state index in [0.717, 1.165) is 0 Å². The maximum absolute atomic E-state index is 11.0. The molecule has 0 saturated carbocycles. The van der Waals surface area contributed by atoms with Gasteiger partial charge >= 0.3 is 6.16 Å². The lowest BCUT2D eigenvalue weighted by molar-refractivity contribution is -0.176. The molecule has 0 atom stereocenters. The van der Waals surface area contributed by atoms with Crippen LogP contribution >= 0.6 is 0 Å². The van der Waals surface area contributed by atoms with Gasteiger partial charge in [0.15, 0.2) is 0 Å². The lowest BCUT2D eigenvalue weighted by Crippen LogP contribution is -2.44. The molecule has 0 radical (unpaired) electrons. The smallest absolute Gasteiger partial charge is 0.450 e. The summed E-state index contributed by atoms with van der Waals surface area (Å²) in [4.78, 5) is 11.0. The normalized spacial score (nSPS) is 11.3. The molecular formula is C15H14O5. The molecule has 20 heavy (non-hydrogen) atoms. The number of hydrogen-bond donors (Lipinski definition) is 3. The van der Waals surface area contributed by atoms with Crippen LogP contribution in [-0.4, -0.2) is 27.8 Å². The van der Waals surface area contributed by atoms with Crippen molar-refractivity contribution in [3.05, 3.63) is 71.8 Å². The van der Waals surface area contributed by atoms with Crippen LogP contribution in [0.4, 0.5) is 4.79 Å². The molecule has 3 N–H and O–H groups in total. The predicted octanol–water partition coefficient (Wildman–Crippen LogP) is 1.94. The fraction of sp³-hybridized carbons (Fsp3) is 0.133. The molecule has 5 nitrogen and oxygen atoms in total. The zero-order valence-electron chi connectivity index (χ0n) is 10.5. The number of benzene rings is 2. The highest BCUT2D eigenvalue weighted by Gasteiger charge is 2.45. The van der Waals surface area contributed by atoms with Crippen LogP contribution in [0.1, 0.15) is 11.1 Å². The van der Waals surface area contributed by atoms with Crippen molar-refractivity contribution in [1.82, 2.24) is 0 Å². The number of carboxylic acid groups (broad SMARTS) is 1. The average molecular weight is 274 g/mol. The van der Waals surface area contributed by atoms with Crippen LogP contribution in [-0.2, 0) is 10.3 Å². The molecule has 0 amide bonds. The fourth-order valence-corrected chi connectivity index (χ4v) is 2.14. The number of carbonyl (C=O) groups is 1. The Bertz CT molecular complexity index is 526. The molecule has 104 valence electrons. The van der Waals surface area contributed by atoms with Crippen LogP contribution in [0, 0.1) is 0 Å². The van der Waals surface area contributed by atoms with Gasteiger partial charge in [-0.1, -0.05) is 60.7 Å². The van der Waals surface area contributed by atoms with E-state index in [9.17, 15) is 15.0 Å². The van der Waals surface area contributed by atoms with Gasteiger partial charge in [0.05, 0.1) is 0 Å². The summed E-state index contributed by atoms with van der Waals surface area (Å²) in [5, 5.41) is 28.5. The van der Waals surface area contributed by atoms with Crippen molar-refractivity contribution in [2.45, 2.75) is 11.9 Å². The Morgan fingerprint density at radius 2 is 1.30 bits per heavy atom. The van der Waals surface area contributed by atoms with Gasteiger partial charge in [0.2, 0.25) is 11.9 Å². The minimum atomic E-state index is -2.04. The average Bonchev–Trinajstić information content (AvgIpc) is 2.46. The molecule has 0 bridgehead atoms. The summed E-state index contributed by atoms with van der Waals surface area (Å²) in [6, 6.07) is 16.5. The third-order valence-corrected chi connectivity index (χ3v) is 3.02. The first-order chi connectivity index (χ1) is 9.57. The van der Waals surface area contributed by atoms with Crippen LogP contribution in [0.2, 0.25) is 0 Å². The third kappa shape index (κ3) is 2.49. The van der Waals surface area contributed by atoms with Gasteiger partial charge in [-0.3, -0.25) is 0 Å². The Balaban J connectivity index is 2.66. The first-order valence-electron chi connectivity index (χ1n) is 5.96. The molecule has 0 aliphatic rings. The summed E-state index contributed by atoms with van der Waals surface area (Å²) in [5.74, 6) is 0. The van der Waals surface area contributed by atoms with E-state index in [-0.39, 0.29) is 0 Å². The SMILES string of the molecule is O=C(O)OC(c1ccccc1)(c1ccccc1)C(O)O. The van der Waals surface area contributed by atoms with E-state index in [1.807, 2.05) is 0 Å². The predicted molar refractivity (Wildman–Crippen MR) is 71.0 cm³/mol. The molecule has 0 aromatic heterocycles. The van der Waals surface area contributed by atoms with E-state index in [0.29, 0.717) is 11.1 Å². The minimum absolute atomic E-state index is 0.337. The highest BCUT2D eigenvalue weighted by molar-refractivity contribution is 5.59. The van der Waals surface area contributed by atoms with E-state index in [1.165, 1.54) is 0 Å². The highest BCUT2D eigenvalue weighted by Crippen LogP contribution is 2.36. The number of aliphatic hydroxyl groups excluding tert-OH is 1. The Morgan fingerprint density at radius 3 is 1.60 bits per heavy atom. The van der Waals surface area contributed by atoms with E-state index in [1.54, 1.807) is 60.7 Å². The summed E-state index contributed by atoms with van der Waals surface area (Å²) in [6.45, 7) is 0. The van der Waals surface area contributed by atoms with Gasteiger partial charge < -0.3 is 20.1 Å². The molecular weight excluding hydrogens is 260 g/mol. The summed E-state index contributed by atoms with van der Waals surface area (Å²) < 4.78 is 4.89. The maximum Gasteiger partial charge on any atom is 0.507 e. The second-order valence-corrected chi connectivity index (χ2v) is 4.21. The molecule has 2 aromatic carbocycles. The molecule has 0 aliphatic heterocycles. The van der Waals surface area contributed by atoms with Crippen molar-refractivity contribution in [3.8, 4) is 0 Å². The third-order valence-electron chi connectivity index (χ3n) is 3.02. The van der Waals surface area contributed by atoms with Crippen molar-refractivity contribution in [2.24, 2.45) is 0 Å². The molecule has 0 spiro atoms. The minimum Gasteiger partial charge on any atom is -0.450 e. The van der Waals surface area contributed by atoms with Gasteiger partial charge in [-0.2, -0.15) is 0 Å². The molecule has 2 rings (SSSR count). The van der Waals surface area contributed by atoms with Gasteiger partial charge in [-0.25, -0.2) is 4.79 Å². The van der Waals surface area contributed by atoms with Crippen molar-refractivity contribution in [3.63, 3.8) is 0 Å². The first-order valence-corrected chi connectivity index (χ1v) is 5.96. The van der Waals surface area contributed by atoms with Crippen molar-refractivity contribution >= 4 is 6.16 Å². The second kappa shape index (κ2) is 5.73. The fourth-order valence-electron chi connectivity index (χ4n) is 2.14. The van der Waals surface area contributed by atoms with E-state index < -0.39 is 18.0 Å². The topological polar surface area (TPSA) is 87.0 Å². The molecule has 0 unspecified atom stereocenters. The monoisotopic (exact) mass is 274 g/mol. The standard InChI is InChI=1S/C15H14O5/c16-13(17)15(20-14(18)19,11-7-3-1-4-8-11)12-9-5-2-6-10-12/h1-10,13,16-17H,(H,18,19). The number of aliphatic hydroxyl groups is 2. The number of hydrogen-bond acceptors (Lipinski definition) is 4. The summed E-state index contributed by atoms with van der Waals surface area (Å²) in [6.07, 6.45) is -3.63. The largest absolute Gasteiger partial charge is 0.507 e. The highest BCUT2D eigenvalue weighted by atomic mass is 16.7. The number of rotatable bonds is 4. The van der Waals surface area contributed by atoms with Crippen LogP contribution in [0.5, 0.6) is 0 Å². The summed E-state index contributed by atoms with van der Waals surface area (Å²) in [7, 11) is 0. The van der Waals surface area contributed by atoms with E-state index >= 15 is 0 Å². The molecule has 0 aliphatic carbocycles. The van der Waals surface area contributed by atoms with Crippen LogP contribution < -0.4 is 0 Å². The molecule has 0 heterocycles. The van der Waals surface area contributed by atoms with Gasteiger partial charge in [0.1, 0.15) is 0 Å². The van der Waals surface area contributed by atoms with Gasteiger partial charge in [0, 0.05) is 11.1 Å². The lowest BCUT2D eigenvalue weighted by Gasteiger charge is -2.34. The molecule has 0 fully saturated rings. The Hall–Kier alpha value is -2.37. The van der Waals surface area contributed by atoms with Crippen LogP contribution in [0.15, 0.2) is 60.7 Å². The molecule has 5 heteroatoms. The van der Waals surface area contributed by atoms with Gasteiger partial charge in [0.25, 0.3) is 0 Å². The van der Waals surface area contributed by atoms with Crippen LogP contribution in [0.3, 0.4) is 0 Å². The molecule has 0 saturated heterocycles. The summed E-state index contributed by atoms with van der Waals surface area (Å²) >= 11 is 0. The van der Waals surface area contributed by atoms with Crippen molar-refractivity contribution in [2.75, 3.05) is 0 Å². The van der Waals surface area contributed by atoms with Crippen molar-refractivity contribution in [1.29, 1.82) is 0 Å². The quantitative estimate of drug-likeness (QED) is 0.586. The first kappa shape index (κ1) is 14.0. The number of ether oxygens (including phenoxy) is 1. The maximum atomic E-state index is 11.0. The molecule has 2 aromatic rings. The van der Waals surface area contributed by atoms with E-state index in [2.05, 4.69) is 0 Å². The van der Waals surface area contributed by atoms with Gasteiger partial charge in [-0.15, -0.1) is 0 Å². The zero-order chi connectivity index (χ0) is 14.6. The zero-order valence-corrected chi connectivity index (χ0v) is 10.5.